The maximum atomic E-state index is 13.8. The third-order valence-electron chi connectivity index (χ3n) is 3.34. The van der Waals surface area contributed by atoms with Crippen LogP contribution in [0.3, 0.4) is 0 Å². The van der Waals surface area contributed by atoms with Crippen molar-refractivity contribution < 1.29 is 18.7 Å². The highest BCUT2D eigenvalue weighted by Crippen LogP contribution is 2.20. The van der Waals surface area contributed by atoms with Gasteiger partial charge in [-0.2, -0.15) is 0 Å². The van der Waals surface area contributed by atoms with Crippen LogP contribution in [0.15, 0.2) is 42.5 Å². The average molecular weight is 330 g/mol. The smallest absolute Gasteiger partial charge is 0.224 e. The quantitative estimate of drug-likeness (QED) is 0.853. The second kappa shape index (κ2) is 8.10. The lowest BCUT2D eigenvalue weighted by Gasteiger charge is -2.09. The fraction of sp³-hybridized carbons (Fsp3) is 0.222. The van der Waals surface area contributed by atoms with Gasteiger partial charge in [-0.3, -0.25) is 9.59 Å². The number of aryl methyl sites for hydroxylation is 1. The van der Waals surface area contributed by atoms with Gasteiger partial charge in [0.25, 0.3) is 0 Å². The number of carbonyl (C=O) groups is 2. The van der Waals surface area contributed by atoms with Crippen molar-refractivity contribution in [3.05, 3.63) is 53.8 Å². The number of hydrogen-bond donors (Lipinski definition) is 2. The van der Waals surface area contributed by atoms with Crippen LogP contribution in [-0.2, 0) is 16.0 Å². The van der Waals surface area contributed by atoms with Crippen LogP contribution in [0.2, 0.25) is 0 Å². The SMILES string of the molecule is COc1cccc(CCC(=O)Nc2cc(NC(C)=O)ccc2F)c1. The molecule has 0 saturated heterocycles. The second-order valence-electron chi connectivity index (χ2n) is 5.28. The van der Waals surface area contributed by atoms with E-state index in [-0.39, 0.29) is 23.9 Å². The number of hydrogen-bond acceptors (Lipinski definition) is 3. The Morgan fingerprint density at radius 3 is 2.62 bits per heavy atom. The summed E-state index contributed by atoms with van der Waals surface area (Å²) in [5.74, 6) is -0.408. The predicted octanol–water partition coefficient (Wildman–Crippen LogP) is 3.36. The van der Waals surface area contributed by atoms with Crippen molar-refractivity contribution in [3.8, 4) is 5.75 Å². The van der Waals surface area contributed by atoms with Gasteiger partial charge in [-0.1, -0.05) is 12.1 Å². The molecule has 2 N–H and O–H groups in total. The number of amides is 2. The molecule has 24 heavy (non-hydrogen) atoms. The van der Waals surface area contributed by atoms with Crippen LogP contribution < -0.4 is 15.4 Å². The Labute approximate surface area is 139 Å². The highest BCUT2D eigenvalue weighted by molar-refractivity contribution is 5.93. The van der Waals surface area contributed by atoms with Gasteiger partial charge in [0.15, 0.2) is 0 Å². The molecule has 6 heteroatoms. The maximum absolute atomic E-state index is 13.8. The Bertz CT molecular complexity index is 747. The Hall–Kier alpha value is -2.89. The lowest BCUT2D eigenvalue weighted by atomic mass is 10.1. The fourth-order valence-corrected chi connectivity index (χ4v) is 2.20. The minimum Gasteiger partial charge on any atom is -0.497 e. The molecule has 2 aromatic carbocycles. The number of benzene rings is 2. The summed E-state index contributed by atoms with van der Waals surface area (Å²) in [5, 5.41) is 5.07. The van der Waals surface area contributed by atoms with Gasteiger partial charge >= 0.3 is 0 Å². The van der Waals surface area contributed by atoms with Crippen LogP contribution in [0, 0.1) is 5.82 Å². The Kier molecular flexibility index (Phi) is 5.89. The van der Waals surface area contributed by atoms with Crippen molar-refractivity contribution in [2.45, 2.75) is 19.8 Å². The number of rotatable bonds is 6. The summed E-state index contributed by atoms with van der Waals surface area (Å²) in [7, 11) is 1.58. The van der Waals surface area contributed by atoms with E-state index in [0.717, 1.165) is 11.3 Å². The van der Waals surface area contributed by atoms with Gasteiger partial charge in [0.1, 0.15) is 11.6 Å². The normalized spacial score (nSPS) is 10.1. The first kappa shape index (κ1) is 17.5. The minimum atomic E-state index is -0.557. The number of methoxy groups -OCH3 is 1. The fourth-order valence-electron chi connectivity index (χ4n) is 2.20. The van der Waals surface area contributed by atoms with Crippen molar-refractivity contribution in [1.82, 2.24) is 0 Å². The number of nitrogens with one attached hydrogen (secondary N) is 2. The lowest BCUT2D eigenvalue weighted by Crippen LogP contribution is -2.14. The second-order valence-corrected chi connectivity index (χ2v) is 5.28. The van der Waals surface area contributed by atoms with Gasteiger partial charge in [0.05, 0.1) is 12.8 Å². The largest absolute Gasteiger partial charge is 0.497 e. The maximum Gasteiger partial charge on any atom is 0.224 e. The summed E-state index contributed by atoms with van der Waals surface area (Å²) in [4.78, 5) is 23.1. The Morgan fingerprint density at radius 2 is 1.92 bits per heavy atom. The molecule has 0 aliphatic heterocycles. The van der Waals surface area contributed by atoms with Gasteiger partial charge in [-0.05, 0) is 42.3 Å². The molecule has 2 rings (SSSR count). The van der Waals surface area contributed by atoms with Crippen molar-refractivity contribution in [2.75, 3.05) is 17.7 Å². The zero-order chi connectivity index (χ0) is 17.5. The first-order valence-corrected chi connectivity index (χ1v) is 7.48. The monoisotopic (exact) mass is 330 g/mol. The van der Waals surface area contributed by atoms with Gasteiger partial charge in [0.2, 0.25) is 11.8 Å². The molecule has 2 aromatic rings. The van der Waals surface area contributed by atoms with E-state index in [1.807, 2.05) is 24.3 Å². The van der Waals surface area contributed by atoms with Crippen LogP contribution in [0.4, 0.5) is 15.8 Å². The van der Waals surface area contributed by atoms with Crippen molar-refractivity contribution >= 4 is 23.2 Å². The number of ether oxygens (including phenoxy) is 1. The molecule has 0 heterocycles. The summed E-state index contributed by atoms with van der Waals surface area (Å²) >= 11 is 0. The van der Waals surface area contributed by atoms with Gasteiger partial charge in [-0.25, -0.2) is 4.39 Å². The third-order valence-corrected chi connectivity index (χ3v) is 3.34. The van der Waals surface area contributed by atoms with Crippen LogP contribution in [-0.4, -0.2) is 18.9 Å². The highest BCUT2D eigenvalue weighted by atomic mass is 19.1. The third kappa shape index (κ3) is 5.08. The molecule has 2 amide bonds. The van der Waals surface area contributed by atoms with E-state index in [0.29, 0.717) is 12.1 Å². The van der Waals surface area contributed by atoms with Gasteiger partial charge < -0.3 is 15.4 Å². The first-order chi connectivity index (χ1) is 11.5. The van der Waals surface area contributed by atoms with E-state index >= 15 is 0 Å². The van der Waals surface area contributed by atoms with E-state index in [2.05, 4.69) is 10.6 Å². The average Bonchev–Trinajstić information content (AvgIpc) is 2.56. The summed E-state index contributed by atoms with van der Waals surface area (Å²) < 4.78 is 18.9. The molecular formula is C18H19FN2O3. The van der Waals surface area contributed by atoms with Crippen molar-refractivity contribution in [2.24, 2.45) is 0 Å². The van der Waals surface area contributed by atoms with E-state index in [4.69, 9.17) is 4.74 Å². The molecule has 0 bridgehead atoms. The molecule has 0 saturated carbocycles. The van der Waals surface area contributed by atoms with Gasteiger partial charge in [0, 0.05) is 19.0 Å². The predicted molar refractivity (Wildman–Crippen MR) is 90.6 cm³/mol. The number of anilines is 2. The molecule has 0 aliphatic rings. The zero-order valence-corrected chi connectivity index (χ0v) is 13.6. The first-order valence-electron chi connectivity index (χ1n) is 7.48. The van der Waals surface area contributed by atoms with Crippen LogP contribution >= 0.6 is 0 Å². The van der Waals surface area contributed by atoms with Gasteiger partial charge in [-0.15, -0.1) is 0 Å². The molecule has 0 fully saturated rings. The number of halogens is 1. The molecule has 0 atom stereocenters. The van der Waals surface area contributed by atoms with Crippen LogP contribution in [0.1, 0.15) is 18.9 Å². The summed E-state index contributed by atoms with van der Waals surface area (Å²) in [6.45, 7) is 1.36. The van der Waals surface area contributed by atoms with E-state index in [9.17, 15) is 14.0 Å². The molecule has 0 radical (unpaired) electrons. The lowest BCUT2D eigenvalue weighted by molar-refractivity contribution is -0.116. The number of carbonyl (C=O) groups excluding carboxylic acids is 2. The van der Waals surface area contributed by atoms with Crippen molar-refractivity contribution in [3.63, 3.8) is 0 Å². The van der Waals surface area contributed by atoms with Crippen LogP contribution in [0.25, 0.3) is 0 Å². The van der Waals surface area contributed by atoms with Crippen LogP contribution in [0.5, 0.6) is 5.75 Å². The standard InChI is InChI=1S/C18H19FN2O3/c1-12(22)20-14-7-8-16(19)17(11-14)21-18(23)9-6-13-4-3-5-15(10-13)24-2/h3-5,7-8,10-11H,6,9H2,1-2H3,(H,20,22)(H,21,23). The van der Waals surface area contributed by atoms with E-state index in [1.54, 1.807) is 7.11 Å². The molecule has 0 unspecified atom stereocenters. The van der Waals surface area contributed by atoms with Crippen molar-refractivity contribution in [1.29, 1.82) is 0 Å². The van der Waals surface area contributed by atoms with E-state index in [1.165, 1.54) is 25.1 Å². The minimum absolute atomic E-state index is 0.0388. The Balaban J connectivity index is 1.97. The molecule has 0 aromatic heterocycles. The molecule has 5 nitrogen and oxygen atoms in total. The molecule has 126 valence electrons. The molecular weight excluding hydrogens is 311 g/mol. The summed E-state index contributed by atoms with van der Waals surface area (Å²) in [5.41, 5.74) is 1.42. The topological polar surface area (TPSA) is 67.4 Å². The molecule has 0 aliphatic carbocycles. The Morgan fingerprint density at radius 1 is 1.12 bits per heavy atom. The zero-order valence-electron chi connectivity index (χ0n) is 13.6. The highest BCUT2D eigenvalue weighted by Gasteiger charge is 2.09. The summed E-state index contributed by atoms with van der Waals surface area (Å²) in [6.07, 6.45) is 0.715. The van der Waals surface area contributed by atoms with E-state index < -0.39 is 5.82 Å². The molecule has 0 spiro atoms. The summed E-state index contributed by atoms with van der Waals surface area (Å²) in [6, 6.07) is 11.4.